The Labute approximate surface area is 149 Å². The largest absolute Gasteiger partial charge is 0.294 e. The topological polar surface area (TPSA) is 34.9 Å². The van der Waals surface area contributed by atoms with E-state index in [1.165, 1.54) is 0 Å². The number of hydrogen-bond acceptors (Lipinski definition) is 2. The Balaban J connectivity index is 1.73. The number of fused-ring (bicyclic) bond motifs is 1. The van der Waals surface area contributed by atoms with E-state index in [2.05, 4.69) is 5.10 Å². The number of Topliss-reactive ketones (excluding diaryl/α,β-unsaturated/α-hetero) is 1. The summed E-state index contributed by atoms with van der Waals surface area (Å²) in [5.41, 5.74) is 3.70. The van der Waals surface area contributed by atoms with Crippen molar-refractivity contribution in [2.75, 3.05) is 0 Å². The third kappa shape index (κ3) is 2.74. The summed E-state index contributed by atoms with van der Waals surface area (Å²) in [6.45, 7) is 0. The third-order valence-corrected chi connectivity index (χ3v) is 4.96. The zero-order chi connectivity index (χ0) is 16.7. The Bertz CT molecular complexity index is 898. The van der Waals surface area contributed by atoms with Gasteiger partial charge in [0.2, 0.25) is 0 Å². The predicted octanol–water partition coefficient (Wildman–Crippen LogP) is 5.09. The van der Waals surface area contributed by atoms with E-state index >= 15 is 0 Å². The average Bonchev–Trinajstić information content (AvgIpc) is 3.01. The minimum absolute atomic E-state index is 0.136. The minimum atomic E-state index is 0.136. The zero-order valence-electron chi connectivity index (χ0n) is 12.7. The Morgan fingerprint density at radius 1 is 0.917 bits per heavy atom. The molecule has 0 fully saturated rings. The van der Waals surface area contributed by atoms with Crippen LogP contribution < -0.4 is 0 Å². The second kappa shape index (κ2) is 6.08. The summed E-state index contributed by atoms with van der Waals surface area (Å²) in [6, 6.07) is 15.2. The van der Waals surface area contributed by atoms with Crippen LogP contribution in [0.5, 0.6) is 0 Å². The molecular weight excluding hydrogens is 343 g/mol. The van der Waals surface area contributed by atoms with Crippen molar-refractivity contribution in [1.29, 1.82) is 0 Å². The lowest BCUT2D eigenvalue weighted by atomic mass is 9.82. The van der Waals surface area contributed by atoms with Gasteiger partial charge in [0.05, 0.1) is 23.1 Å². The SMILES string of the molecule is O=C1C[C@@H](c2ccc(Cl)cc2)Cc2c1cnn2-c1ccc(Cl)cc1. The van der Waals surface area contributed by atoms with E-state index in [0.29, 0.717) is 16.5 Å². The van der Waals surface area contributed by atoms with Gasteiger partial charge in [0.15, 0.2) is 5.78 Å². The van der Waals surface area contributed by atoms with Crippen LogP contribution in [0.4, 0.5) is 0 Å². The summed E-state index contributed by atoms with van der Waals surface area (Å²) < 4.78 is 1.84. The van der Waals surface area contributed by atoms with Crippen LogP contribution in [-0.2, 0) is 6.42 Å². The molecule has 5 heteroatoms. The Morgan fingerprint density at radius 2 is 1.54 bits per heavy atom. The van der Waals surface area contributed by atoms with E-state index in [4.69, 9.17) is 23.2 Å². The summed E-state index contributed by atoms with van der Waals surface area (Å²) in [6.07, 6.45) is 2.94. The Hall–Kier alpha value is -2.10. The molecule has 1 atom stereocenters. The molecule has 1 aliphatic carbocycles. The van der Waals surface area contributed by atoms with Crippen LogP contribution in [0.2, 0.25) is 10.0 Å². The molecule has 120 valence electrons. The molecule has 3 nitrogen and oxygen atoms in total. The number of aromatic nitrogens is 2. The quantitative estimate of drug-likeness (QED) is 0.640. The molecule has 0 spiro atoms. The molecule has 4 rings (SSSR count). The first kappa shape index (κ1) is 15.4. The lowest BCUT2D eigenvalue weighted by Crippen LogP contribution is -2.20. The van der Waals surface area contributed by atoms with Gasteiger partial charge in [-0.05, 0) is 54.3 Å². The third-order valence-electron chi connectivity index (χ3n) is 4.45. The number of halogens is 2. The van der Waals surface area contributed by atoms with Crippen LogP contribution in [0.25, 0.3) is 5.69 Å². The van der Waals surface area contributed by atoms with Crippen molar-refractivity contribution in [3.63, 3.8) is 0 Å². The van der Waals surface area contributed by atoms with E-state index in [1.807, 2.05) is 53.2 Å². The molecular formula is C19H14Cl2N2O. The maximum atomic E-state index is 12.5. The molecule has 1 aromatic heterocycles. The van der Waals surface area contributed by atoms with Gasteiger partial charge >= 0.3 is 0 Å². The van der Waals surface area contributed by atoms with Crippen molar-refractivity contribution in [2.24, 2.45) is 0 Å². The predicted molar refractivity (Wildman–Crippen MR) is 95.4 cm³/mol. The molecule has 0 N–H and O–H groups in total. The number of hydrogen-bond donors (Lipinski definition) is 0. The fourth-order valence-electron chi connectivity index (χ4n) is 3.22. The molecule has 0 amide bonds. The molecule has 1 heterocycles. The fraction of sp³-hybridized carbons (Fsp3) is 0.158. The highest BCUT2D eigenvalue weighted by Gasteiger charge is 2.30. The summed E-state index contributed by atoms with van der Waals surface area (Å²) in [5, 5.41) is 5.80. The highest BCUT2D eigenvalue weighted by Crippen LogP contribution is 2.34. The molecule has 0 unspecified atom stereocenters. The maximum Gasteiger partial charge on any atom is 0.166 e. The highest BCUT2D eigenvalue weighted by molar-refractivity contribution is 6.30. The van der Waals surface area contributed by atoms with E-state index in [9.17, 15) is 4.79 Å². The minimum Gasteiger partial charge on any atom is -0.294 e. The molecule has 3 aromatic rings. The smallest absolute Gasteiger partial charge is 0.166 e. The molecule has 0 saturated carbocycles. The molecule has 0 saturated heterocycles. The number of carbonyl (C=O) groups excluding carboxylic acids is 1. The lowest BCUT2D eigenvalue weighted by molar-refractivity contribution is 0.0964. The average molecular weight is 357 g/mol. The summed E-state index contributed by atoms with van der Waals surface area (Å²) in [5.74, 6) is 0.279. The van der Waals surface area contributed by atoms with Crippen molar-refractivity contribution in [3.8, 4) is 5.69 Å². The van der Waals surface area contributed by atoms with Gasteiger partial charge in [0.1, 0.15) is 0 Å². The van der Waals surface area contributed by atoms with Gasteiger partial charge < -0.3 is 0 Å². The zero-order valence-corrected chi connectivity index (χ0v) is 14.3. The summed E-state index contributed by atoms with van der Waals surface area (Å²) in [4.78, 5) is 12.5. The first-order valence-electron chi connectivity index (χ1n) is 7.73. The van der Waals surface area contributed by atoms with E-state index in [-0.39, 0.29) is 11.7 Å². The van der Waals surface area contributed by atoms with Crippen molar-refractivity contribution in [1.82, 2.24) is 9.78 Å². The van der Waals surface area contributed by atoms with Crippen LogP contribution >= 0.6 is 23.2 Å². The van der Waals surface area contributed by atoms with Gasteiger partial charge in [0.25, 0.3) is 0 Å². The van der Waals surface area contributed by atoms with E-state index < -0.39 is 0 Å². The number of carbonyl (C=O) groups is 1. The molecule has 24 heavy (non-hydrogen) atoms. The van der Waals surface area contributed by atoms with Crippen LogP contribution in [-0.4, -0.2) is 15.6 Å². The first-order valence-corrected chi connectivity index (χ1v) is 8.49. The Morgan fingerprint density at radius 3 is 2.21 bits per heavy atom. The van der Waals surface area contributed by atoms with Crippen LogP contribution in [0.1, 0.15) is 34.0 Å². The number of ketones is 1. The van der Waals surface area contributed by atoms with Crippen molar-refractivity contribution >= 4 is 29.0 Å². The van der Waals surface area contributed by atoms with Gasteiger partial charge in [-0.15, -0.1) is 0 Å². The van der Waals surface area contributed by atoms with Crippen molar-refractivity contribution in [2.45, 2.75) is 18.8 Å². The first-order chi connectivity index (χ1) is 11.6. The van der Waals surface area contributed by atoms with Crippen LogP contribution in [0.3, 0.4) is 0 Å². The van der Waals surface area contributed by atoms with Crippen molar-refractivity contribution in [3.05, 3.63) is 81.6 Å². The van der Waals surface area contributed by atoms with E-state index in [0.717, 1.165) is 28.9 Å². The van der Waals surface area contributed by atoms with Gasteiger partial charge in [-0.1, -0.05) is 35.3 Å². The van der Waals surface area contributed by atoms with E-state index in [1.54, 1.807) is 6.20 Å². The number of rotatable bonds is 2. The van der Waals surface area contributed by atoms with Crippen LogP contribution in [0, 0.1) is 0 Å². The second-order valence-electron chi connectivity index (χ2n) is 5.97. The lowest BCUT2D eigenvalue weighted by Gasteiger charge is -2.23. The number of nitrogens with zero attached hydrogens (tertiary/aromatic N) is 2. The normalized spacial score (nSPS) is 16.9. The monoisotopic (exact) mass is 356 g/mol. The van der Waals surface area contributed by atoms with Gasteiger partial charge in [-0.3, -0.25) is 4.79 Å². The molecule has 0 aliphatic heterocycles. The molecule has 1 aliphatic rings. The highest BCUT2D eigenvalue weighted by atomic mass is 35.5. The van der Waals surface area contributed by atoms with Gasteiger partial charge in [0, 0.05) is 16.5 Å². The summed E-state index contributed by atoms with van der Waals surface area (Å²) in [7, 11) is 0. The standard InChI is InChI=1S/C19H14Cl2N2O/c20-14-3-1-12(2-4-14)13-9-18-17(19(24)10-13)11-22-23(18)16-7-5-15(21)6-8-16/h1-8,11,13H,9-10H2/t13-/m0/s1. The van der Waals surface area contributed by atoms with Gasteiger partial charge in [-0.25, -0.2) is 4.68 Å². The van der Waals surface area contributed by atoms with Crippen LogP contribution in [0.15, 0.2) is 54.7 Å². The fourth-order valence-corrected chi connectivity index (χ4v) is 3.47. The molecule has 0 bridgehead atoms. The van der Waals surface area contributed by atoms with Gasteiger partial charge in [-0.2, -0.15) is 5.10 Å². The summed E-state index contributed by atoms with van der Waals surface area (Å²) >= 11 is 11.9. The maximum absolute atomic E-state index is 12.5. The second-order valence-corrected chi connectivity index (χ2v) is 6.85. The molecule has 0 radical (unpaired) electrons. The molecule has 2 aromatic carbocycles. The number of benzene rings is 2. The Kier molecular flexibility index (Phi) is 3.91. The van der Waals surface area contributed by atoms with Crippen molar-refractivity contribution < 1.29 is 4.79 Å².